The van der Waals surface area contributed by atoms with Gasteiger partial charge in [0.2, 0.25) is 11.8 Å². The smallest absolute Gasteiger partial charge is 0.248 e. The van der Waals surface area contributed by atoms with E-state index in [1.165, 1.54) is 11.1 Å². The van der Waals surface area contributed by atoms with E-state index in [1.54, 1.807) is 6.92 Å². The highest BCUT2D eigenvalue weighted by molar-refractivity contribution is 5.77. The van der Waals surface area contributed by atoms with E-state index in [4.69, 9.17) is 4.52 Å². The van der Waals surface area contributed by atoms with Crippen molar-refractivity contribution in [2.24, 2.45) is 0 Å². The number of nitrogens with one attached hydrogen (secondary N) is 1. The van der Waals surface area contributed by atoms with Crippen LogP contribution in [-0.4, -0.2) is 16.0 Å². The summed E-state index contributed by atoms with van der Waals surface area (Å²) in [6.07, 6.45) is 3.84. The Hall–Kier alpha value is -2.17. The van der Waals surface area contributed by atoms with Crippen LogP contribution in [0.4, 0.5) is 0 Å². The van der Waals surface area contributed by atoms with Gasteiger partial charge in [0.1, 0.15) is 6.04 Å². The topological polar surface area (TPSA) is 68.0 Å². The van der Waals surface area contributed by atoms with Gasteiger partial charge < -0.3 is 9.84 Å². The summed E-state index contributed by atoms with van der Waals surface area (Å²) in [5, 5.41) is 6.71. The van der Waals surface area contributed by atoms with Crippen LogP contribution in [0.25, 0.3) is 0 Å². The van der Waals surface area contributed by atoms with E-state index in [-0.39, 0.29) is 11.9 Å². The normalized spacial score (nSPS) is 18.5. The second kappa shape index (κ2) is 6.30. The van der Waals surface area contributed by atoms with E-state index in [1.807, 2.05) is 6.92 Å². The minimum absolute atomic E-state index is 0.0325. The second-order valence-electron chi connectivity index (χ2n) is 5.96. The number of rotatable bonds is 4. The fraction of sp³-hybridized carbons (Fsp3) is 0.471. The number of carbonyl (C=O) groups is 1. The van der Waals surface area contributed by atoms with E-state index in [0.29, 0.717) is 24.1 Å². The van der Waals surface area contributed by atoms with Crippen molar-refractivity contribution in [3.63, 3.8) is 0 Å². The van der Waals surface area contributed by atoms with Crippen LogP contribution in [0.3, 0.4) is 0 Å². The Bertz CT molecular complexity index is 665. The third-order valence-electron chi connectivity index (χ3n) is 4.22. The molecule has 3 rings (SSSR count). The molecule has 0 radical (unpaired) electrons. The van der Waals surface area contributed by atoms with Crippen molar-refractivity contribution in [2.45, 2.75) is 51.5 Å². The summed E-state index contributed by atoms with van der Waals surface area (Å²) in [5.74, 6) is 1.37. The summed E-state index contributed by atoms with van der Waals surface area (Å²) in [6.45, 7) is 3.63. The van der Waals surface area contributed by atoms with Crippen molar-refractivity contribution < 1.29 is 9.32 Å². The monoisotopic (exact) mass is 299 g/mol. The van der Waals surface area contributed by atoms with Gasteiger partial charge in [-0.15, -0.1) is 0 Å². The van der Waals surface area contributed by atoms with Crippen molar-refractivity contribution in [1.29, 1.82) is 0 Å². The first-order valence-electron chi connectivity index (χ1n) is 7.81. The molecule has 1 aromatic carbocycles. The first kappa shape index (κ1) is 14.8. The maximum atomic E-state index is 12.3. The maximum absolute atomic E-state index is 12.3. The first-order valence-corrected chi connectivity index (χ1v) is 7.81. The van der Waals surface area contributed by atoms with Gasteiger partial charge >= 0.3 is 0 Å². The van der Waals surface area contributed by atoms with E-state index in [0.717, 1.165) is 19.3 Å². The van der Waals surface area contributed by atoms with Gasteiger partial charge in [0.15, 0.2) is 5.82 Å². The molecular formula is C17H21N3O2. The van der Waals surface area contributed by atoms with Crippen LogP contribution in [0.1, 0.15) is 61.0 Å². The standard InChI is InChI=1S/C17H21N3O2/c1-11(17-19-12(2)20-22-17)18-16(21)10-14-8-5-7-13-6-3-4-9-15(13)14/h3-4,6,9,11,14H,5,7-8,10H2,1-2H3,(H,18,21)/t11-,14-/m1/s1. The van der Waals surface area contributed by atoms with Crippen molar-refractivity contribution in [3.05, 3.63) is 47.1 Å². The van der Waals surface area contributed by atoms with Crippen molar-refractivity contribution in [1.82, 2.24) is 15.5 Å². The Morgan fingerprint density at radius 3 is 3.05 bits per heavy atom. The predicted octanol–water partition coefficient (Wildman–Crippen LogP) is 3.07. The van der Waals surface area contributed by atoms with Gasteiger partial charge in [0.05, 0.1) is 0 Å². The van der Waals surface area contributed by atoms with E-state index < -0.39 is 0 Å². The van der Waals surface area contributed by atoms with E-state index in [2.05, 4.69) is 39.7 Å². The average molecular weight is 299 g/mol. The number of aromatic nitrogens is 2. The number of benzene rings is 1. The minimum atomic E-state index is -0.257. The fourth-order valence-corrected chi connectivity index (χ4v) is 3.14. The molecule has 5 heteroatoms. The highest BCUT2D eigenvalue weighted by Crippen LogP contribution is 2.33. The molecule has 1 aliphatic carbocycles. The SMILES string of the molecule is Cc1noc([C@@H](C)NC(=O)C[C@H]2CCCc3ccccc32)n1. The van der Waals surface area contributed by atoms with Crippen LogP contribution < -0.4 is 5.32 Å². The molecule has 1 heterocycles. The van der Waals surface area contributed by atoms with Crippen LogP contribution in [0.5, 0.6) is 0 Å². The molecule has 0 bridgehead atoms. The number of amides is 1. The molecular weight excluding hydrogens is 278 g/mol. The third kappa shape index (κ3) is 3.18. The lowest BCUT2D eigenvalue weighted by Crippen LogP contribution is -2.29. The number of hydrogen-bond acceptors (Lipinski definition) is 4. The predicted molar refractivity (Wildman–Crippen MR) is 82.3 cm³/mol. The maximum Gasteiger partial charge on any atom is 0.248 e. The van der Waals surface area contributed by atoms with Crippen LogP contribution in [0.15, 0.2) is 28.8 Å². The Morgan fingerprint density at radius 2 is 2.27 bits per heavy atom. The Morgan fingerprint density at radius 1 is 1.45 bits per heavy atom. The molecule has 5 nitrogen and oxygen atoms in total. The summed E-state index contributed by atoms with van der Waals surface area (Å²) < 4.78 is 5.10. The molecule has 0 spiro atoms. The molecule has 0 saturated carbocycles. The van der Waals surface area contributed by atoms with Gasteiger partial charge in [0.25, 0.3) is 0 Å². The first-order chi connectivity index (χ1) is 10.6. The summed E-state index contributed by atoms with van der Waals surface area (Å²) in [6, 6.07) is 8.19. The van der Waals surface area contributed by atoms with Crippen LogP contribution in [-0.2, 0) is 11.2 Å². The van der Waals surface area contributed by atoms with Gasteiger partial charge in [-0.3, -0.25) is 4.79 Å². The zero-order valence-corrected chi connectivity index (χ0v) is 13.0. The average Bonchev–Trinajstić information content (AvgIpc) is 2.94. The summed E-state index contributed by atoms with van der Waals surface area (Å²) in [4.78, 5) is 16.5. The third-order valence-corrected chi connectivity index (χ3v) is 4.22. The zero-order valence-electron chi connectivity index (χ0n) is 13.0. The summed E-state index contributed by atoms with van der Waals surface area (Å²) >= 11 is 0. The van der Waals surface area contributed by atoms with E-state index in [9.17, 15) is 4.79 Å². The Balaban J connectivity index is 1.63. The lowest BCUT2D eigenvalue weighted by molar-refractivity contribution is -0.122. The minimum Gasteiger partial charge on any atom is -0.345 e. The van der Waals surface area contributed by atoms with Gasteiger partial charge in [-0.05, 0) is 50.2 Å². The van der Waals surface area contributed by atoms with Gasteiger partial charge in [-0.1, -0.05) is 29.4 Å². The molecule has 116 valence electrons. The lowest BCUT2D eigenvalue weighted by Gasteiger charge is -2.25. The number of carbonyl (C=O) groups excluding carboxylic acids is 1. The molecule has 1 N–H and O–H groups in total. The molecule has 22 heavy (non-hydrogen) atoms. The molecule has 0 aliphatic heterocycles. The molecule has 2 aromatic rings. The van der Waals surface area contributed by atoms with Crippen LogP contribution in [0.2, 0.25) is 0 Å². The Kier molecular flexibility index (Phi) is 4.22. The molecule has 0 saturated heterocycles. The zero-order chi connectivity index (χ0) is 15.5. The highest BCUT2D eigenvalue weighted by Gasteiger charge is 2.23. The van der Waals surface area contributed by atoms with Crippen LogP contribution in [0, 0.1) is 6.92 Å². The van der Waals surface area contributed by atoms with Crippen molar-refractivity contribution in [3.8, 4) is 0 Å². The molecule has 0 unspecified atom stereocenters. The number of fused-ring (bicyclic) bond motifs is 1. The Labute approximate surface area is 130 Å². The molecule has 2 atom stereocenters. The lowest BCUT2D eigenvalue weighted by atomic mass is 9.81. The fourth-order valence-electron chi connectivity index (χ4n) is 3.14. The van der Waals surface area contributed by atoms with Crippen LogP contribution >= 0.6 is 0 Å². The van der Waals surface area contributed by atoms with Gasteiger partial charge in [0, 0.05) is 6.42 Å². The van der Waals surface area contributed by atoms with E-state index >= 15 is 0 Å². The number of hydrogen-bond donors (Lipinski definition) is 1. The largest absolute Gasteiger partial charge is 0.345 e. The van der Waals surface area contributed by atoms with Crippen molar-refractivity contribution in [2.75, 3.05) is 0 Å². The molecule has 1 aliphatic rings. The summed E-state index contributed by atoms with van der Waals surface area (Å²) in [5.41, 5.74) is 2.71. The molecule has 0 fully saturated rings. The molecule has 1 aromatic heterocycles. The van der Waals surface area contributed by atoms with Crippen molar-refractivity contribution >= 4 is 5.91 Å². The summed E-state index contributed by atoms with van der Waals surface area (Å²) in [7, 11) is 0. The van der Waals surface area contributed by atoms with Gasteiger partial charge in [-0.25, -0.2) is 0 Å². The quantitative estimate of drug-likeness (QED) is 0.942. The molecule has 1 amide bonds. The second-order valence-corrected chi connectivity index (χ2v) is 5.96. The number of aryl methyl sites for hydroxylation is 2. The number of nitrogens with zero attached hydrogens (tertiary/aromatic N) is 2. The van der Waals surface area contributed by atoms with Gasteiger partial charge in [-0.2, -0.15) is 4.98 Å². The highest BCUT2D eigenvalue weighted by atomic mass is 16.5.